The van der Waals surface area contributed by atoms with Crippen LogP contribution in [-0.2, 0) is 0 Å². The molecule has 0 saturated heterocycles. The average molecular weight is 408 g/mol. The van der Waals surface area contributed by atoms with Crippen molar-refractivity contribution in [1.82, 2.24) is 14.9 Å². The highest BCUT2D eigenvalue weighted by atomic mass is 19.1. The van der Waals surface area contributed by atoms with E-state index in [-0.39, 0.29) is 22.6 Å². The number of aromatic nitrogens is 3. The molecular weight excluding hydrogens is 390 g/mol. The number of hydrogen-bond acceptors (Lipinski definition) is 4. The van der Waals surface area contributed by atoms with Crippen molar-refractivity contribution in [3.63, 3.8) is 0 Å². The number of benzene rings is 2. The van der Waals surface area contributed by atoms with Crippen LogP contribution in [0.1, 0.15) is 27.5 Å². The van der Waals surface area contributed by atoms with E-state index < -0.39 is 17.5 Å². The van der Waals surface area contributed by atoms with Gasteiger partial charge in [-0.15, -0.1) is 0 Å². The van der Waals surface area contributed by atoms with Crippen molar-refractivity contribution in [3.8, 4) is 16.9 Å². The first-order chi connectivity index (χ1) is 14.3. The summed E-state index contributed by atoms with van der Waals surface area (Å²) < 4.78 is 34.6. The maximum atomic E-state index is 14.7. The molecule has 0 aliphatic rings. The molecule has 2 aromatic carbocycles. The van der Waals surface area contributed by atoms with E-state index in [0.29, 0.717) is 11.3 Å². The second kappa shape index (κ2) is 7.55. The minimum atomic E-state index is -0.528. The SMILES string of the molecule is Cc1cc(C)n(-c2ccc(NC(=O)c3c(-c4ccc(F)cc4)noc3C)cc2F)n1. The van der Waals surface area contributed by atoms with Gasteiger partial charge in [-0.05, 0) is 69.3 Å². The first-order valence-corrected chi connectivity index (χ1v) is 9.20. The molecule has 30 heavy (non-hydrogen) atoms. The van der Waals surface area contributed by atoms with Crippen molar-refractivity contribution in [2.75, 3.05) is 5.32 Å². The number of nitrogens with zero attached hydrogens (tertiary/aromatic N) is 3. The fourth-order valence-corrected chi connectivity index (χ4v) is 3.27. The third-order valence-electron chi connectivity index (χ3n) is 4.65. The van der Waals surface area contributed by atoms with E-state index in [1.54, 1.807) is 19.1 Å². The van der Waals surface area contributed by atoms with E-state index in [9.17, 15) is 13.6 Å². The van der Waals surface area contributed by atoms with Gasteiger partial charge in [-0.2, -0.15) is 5.10 Å². The quantitative estimate of drug-likeness (QED) is 0.517. The van der Waals surface area contributed by atoms with E-state index >= 15 is 0 Å². The second-order valence-electron chi connectivity index (χ2n) is 6.93. The zero-order valence-electron chi connectivity index (χ0n) is 16.5. The van der Waals surface area contributed by atoms with Gasteiger partial charge in [-0.3, -0.25) is 4.79 Å². The molecule has 8 heteroatoms. The van der Waals surface area contributed by atoms with E-state index in [2.05, 4.69) is 15.6 Å². The van der Waals surface area contributed by atoms with Crippen LogP contribution >= 0.6 is 0 Å². The van der Waals surface area contributed by atoms with Gasteiger partial charge in [0.25, 0.3) is 5.91 Å². The number of rotatable bonds is 4. The van der Waals surface area contributed by atoms with Gasteiger partial charge in [0.15, 0.2) is 5.82 Å². The number of carbonyl (C=O) groups excluding carboxylic acids is 1. The lowest BCUT2D eigenvalue weighted by Crippen LogP contribution is -2.14. The Morgan fingerprint density at radius 1 is 1.03 bits per heavy atom. The molecule has 0 atom stereocenters. The molecule has 0 unspecified atom stereocenters. The number of hydrogen-bond donors (Lipinski definition) is 1. The smallest absolute Gasteiger partial charge is 0.261 e. The predicted octanol–water partition coefficient (Wildman–Crippen LogP) is 4.98. The molecule has 0 saturated carbocycles. The van der Waals surface area contributed by atoms with E-state index in [1.807, 2.05) is 19.9 Å². The summed E-state index contributed by atoms with van der Waals surface area (Å²) in [7, 11) is 0. The van der Waals surface area contributed by atoms with Gasteiger partial charge in [0.1, 0.15) is 28.5 Å². The molecule has 0 aliphatic heterocycles. The Morgan fingerprint density at radius 3 is 2.40 bits per heavy atom. The summed E-state index contributed by atoms with van der Waals surface area (Å²) in [6.45, 7) is 5.26. The number of amides is 1. The summed E-state index contributed by atoms with van der Waals surface area (Å²) in [4.78, 5) is 12.9. The van der Waals surface area contributed by atoms with Gasteiger partial charge in [-0.1, -0.05) is 5.16 Å². The van der Waals surface area contributed by atoms with Crippen LogP contribution in [0.2, 0.25) is 0 Å². The van der Waals surface area contributed by atoms with Crippen LogP contribution in [0, 0.1) is 32.4 Å². The molecule has 2 heterocycles. The first kappa shape index (κ1) is 19.5. The third kappa shape index (κ3) is 3.59. The van der Waals surface area contributed by atoms with Crippen LogP contribution in [0.3, 0.4) is 0 Å². The predicted molar refractivity (Wildman–Crippen MR) is 108 cm³/mol. The fraction of sp³-hybridized carbons (Fsp3) is 0.136. The molecule has 0 aliphatic carbocycles. The maximum absolute atomic E-state index is 14.7. The maximum Gasteiger partial charge on any atom is 0.261 e. The highest BCUT2D eigenvalue weighted by Crippen LogP contribution is 2.27. The number of carbonyl (C=O) groups is 1. The Balaban J connectivity index is 1.62. The summed E-state index contributed by atoms with van der Waals surface area (Å²) in [5, 5.41) is 10.9. The number of aryl methyl sites for hydroxylation is 3. The standard InChI is InChI=1S/C22H18F2N4O2/c1-12-10-13(2)28(26-12)19-9-8-17(11-18(19)24)25-22(29)20-14(3)30-27-21(20)15-4-6-16(23)7-5-15/h4-11H,1-3H3,(H,25,29). The molecule has 4 rings (SSSR count). The van der Waals surface area contributed by atoms with E-state index in [1.165, 1.54) is 35.0 Å². The van der Waals surface area contributed by atoms with Crippen molar-refractivity contribution in [1.29, 1.82) is 0 Å². The first-order valence-electron chi connectivity index (χ1n) is 9.20. The van der Waals surface area contributed by atoms with Crippen molar-refractivity contribution >= 4 is 11.6 Å². The molecule has 0 fully saturated rings. The average Bonchev–Trinajstić information content (AvgIpc) is 3.24. The van der Waals surface area contributed by atoms with Crippen LogP contribution in [0.25, 0.3) is 16.9 Å². The number of halogens is 2. The van der Waals surface area contributed by atoms with E-state index in [4.69, 9.17) is 4.52 Å². The summed E-state index contributed by atoms with van der Waals surface area (Å²) in [5.41, 5.74) is 3.15. The molecule has 1 N–H and O–H groups in total. The van der Waals surface area contributed by atoms with Crippen molar-refractivity contribution in [2.45, 2.75) is 20.8 Å². The summed E-state index contributed by atoms with van der Waals surface area (Å²) in [6.07, 6.45) is 0. The lowest BCUT2D eigenvalue weighted by atomic mass is 10.1. The highest BCUT2D eigenvalue weighted by Gasteiger charge is 2.22. The topological polar surface area (TPSA) is 73.0 Å². The fourth-order valence-electron chi connectivity index (χ4n) is 3.27. The van der Waals surface area contributed by atoms with Crippen LogP contribution in [0.4, 0.5) is 14.5 Å². The van der Waals surface area contributed by atoms with Crippen LogP contribution in [0.15, 0.2) is 53.1 Å². The molecule has 4 aromatic rings. The summed E-state index contributed by atoms with van der Waals surface area (Å²) in [6, 6.07) is 11.8. The van der Waals surface area contributed by atoms with Crippen LogP contribution < -0.4 is 5.32 Å². The number of anilines is 1. The molecular formula is C22H18F2N4O2. The Bertz CT molecular complexity index is 1240. The van der Waals surface area contributed by atoms with Crippen molar-refractivity contribution in [2.24, 2.45) is 0 Å². The van der Waals surface area contributed by atoms with Crippen molar-refractivity contribution in [3.05, 3.63) is 82.9 Å². The van der Waals surface area contributed by atoms with E-state index in [0.717, 1.165) is 11.4 Å². The second-order valence-corrected chi connectivity index (χ2v) is 6.93. The van der Waals surface area contributed by atoms with Crippen molar-refractivity contribution < 1.29 is 18.1 Å². The van der Waals surface area contributed by atoms with Gasteiger partial charge < -0.3 is 9.84 Å². The lowest BCUT2D eigenvalue weighted by Gasteiger charge is -2.10. The summed E-state index contributed by atoms with van der Waals surface area (Å²) in [5.74, 6) is -1.14. The molecule has 0 bridgehead atoms. The Labute approximate surface area is 171 Å². The molecule has 2 aromatic heterocycles. The van der Waals surface area contributed by atoms with Gasteiger partial charge >= 0.3 is 0 Å². The van der Waals surface area contributed by atoms with Gasteiger partial charge in [-0.25, -0.2) is 13.5 Å². The van der Waals surface area contributed by atoms with Gasteiger partial charge in [0.05, 0.1) is 5.69 Å². The Kier molecular flexibility index (Phi) is 4.91. The third-order valence-corrected chi connectivity index (χ3v) is 4.65. The van der Waals surface area contributed by atoms with Crippen LogP contribution in [-0.4, -0.2) is 20.8 Å². The Hall–Kier alpha value is -3.81. The van der Waals surface area contributed by atoms with Gasteiger partial charge in [0.2, 0.25) is 0 Å². The summed E-state index contributed by atoms with van der Waals surface area (Å²) >= 11 is 0. The Morgan fingerprint density at radius 2 is 1.77 bits per heavy atom. The molecule has 0 spiro atoms. The minimum Gasteiger partial charge on any atom is -0.360 e. The minimum absolute atomic E-state index is 0.199. The lowest BCUT2D eigenvalue weighted by molar-refractivity contribution is 0.102. The van der Waals surface area contributed by atoms with Crippen LogP contribution in [0.5, 0.6) is 0 Å². The molecule has 6 nitrogen and oxygen atoms in total. The number of nitrogens with one attached hydrogen (secondary N) is 1. The molecule has 1 amide bonds. The normalized spacial score (nSPS) is 11.0. The largest absolute Gasteiger partial charge is 0.360 e. The molecule has 0 radical (unpaired) electrons. The van der Waals surface area contributed by atoms with Gasteiger partial charge in [0, 0.05) is 16.9 Å². The zero-order valence-corrected chi connectivity index (χ0v) is 16.5. The highest BCUT2D eigenvalue weighted by molar-refractivity contribution is 6.08. The zero-order chi connectivity index (χ0) is 21.4. The monoisotopic (exact) mass is 408 g/mol. The molecule has 152 valence electrons.